The number of hydrogen-bond acceptors (Lipinski definition) is 4. The molecule has 0 spiro atoms. The Morgan fingerprint density at radius 1 is 1.05 bits per heavy atom. The average molecular weight is 299 g/mol. The molecule has 1 aliphatic heterocycles. The molecular formula is C17H33NO3. The van der Waals surface area contributed by atoms with Gasteiger partial charge < -0.3 is 19.5 Å². The number of ether oxygens (including phenoxy) is 3. The van der Waals surface area contributed by atoms with E-state index in [4.69, 9.17) is 14.2 Å². The van der Waals surface area contributed by atoms with Crippen LogP contribution in [-0.4, -0.2) is 50.2 Å². The van der Waals surface area contributed by atoms with Crippen molar-refractivity contribution in [2.75, 3.05) is 20.3 Å². The summed E-state index contributed by atoms with van der Waals surface area (Å²) in [6.45, 7) is 8.26. The summed E-state index contributed by atoms with van der Waals surface area (Å²) in [5.41, 5.74) is 0.162. The SMILES string of the molecule is COC1CCCC(OCC2CCC(CNC(C)(C)C)O2)C1. The first kappa shape index (κ1) is 17.2. The zero-order valence-electron chi connectivity index (χ0n) is 14.2. The van der Waals surface area contributed by atoms with Gasteiger partial charge in [0.25, 0.3) is 0 Å². The Hall–Kier alpha value is -0.160. The third-order valence-corrected chi connectivity index (χ3v) is 4.48. The summed E-state index contributed by atoms with van der Waals surface area (Å²) in [7, 11) is 1.81. The fourth-order valence-corrected chi connectivity index (χ4v) is 3.18. The van der Waals surface area contributed by atoms with Crippen LogP contribution >= 0.6 is 0 Å². The molecule has 2 rings (SSSR count). The molecule has 1 saturated heterocycles. The van der Waals surface area contributed by atoms with Crippen LogP contribution in [0.3, 0.4) is 0 Å². The predicted molar refractivity (Wildman–Crippen MR) is 84.7 cm³/mol. The number of nitrogens with one attached hydrogen (secondary N) is 1. The highest BCUT2D eigenvalue weighted by molar-refractivity contribution is 4.80. The largest absolute Gasteiger partial charge is 0.381 e. The van der Waals surface area contributed by atoms with Gasteiger partial charge in [-0.1, -0.05) is 0 Å². The second kappa shape index (κ2) is 7.91. The summed E-state index contributed by atoms with van der Waals surface area (Å²) >= 11 is 0. The first-order chi connectivity index (χ1) is 9.96. The second-order valence-electron chi connectivity index (χ2n) is 7.57. The lowest BCUT2D eigenvalue weighted by atomic mass is 9.95. The van der Waals surface area contributed by atoms with Crippen LogP contribution in [0.15, 0.2) is 0 Å². The van der Waals surface area contributed by atoms with Crippen LogP contribution in [0, 0.1) is 0 Å². The molecule has 1 aliphatic carbocycles. The minimum atomic E-state index is 0.162. The first-order valence-corrected chi connectivity index (χ1v) is 8.51. The molecule has 0 bridgehead atoms. The summed E-state index contributed by atoms with van der Waals surface area (Å²) in [5.74, 6) is 0. The number of methoxy groups -OCH3 is 1. The van der Waals surface area contributed by atoms with E-state index < -0.39 is 0 Å². The van der Waals surface area contributed by atoms with Gasteiger partial charge in [-0.05, 0) is 59.3 Å². The van der Waals surface area contributed by atoms with Crippen LogP contribution in [-0.2, 0) is 14.2 Å². The van der Waals surface area contributed by atoms with Crippen molar-refractivity contribution >= 4 is 0 Å². The summed E-state index contributed by atoms with van der Waals surface area (Å²) in [6.07, 6.45) is 8.23. The van der Waals surface area contributed by atoms with Gasteiger partial charge in [-0.2, -0.15) is 0 Å². The van der Waals surface area contributed by atoms with Crippen LogP contribution in [0.5, 0.6) is 0 Å². The normalized spacial score (nSPS) is 34.3. The predicted octanol–water partition coefficient (Wildman–Crippen LogP) is 2.90. The fraction of sp³-hybridized carbons (Fsp3) is 1.00. The van der Waals surface area contributed by atoms with Crippen molar-refractivity contribution < 1.29 is 14.2 Å². The Kier molecular flexibility index (Phi) is 6.48. The summed E-state index contributed by atoms with van der Waals surface area (Å²) in [5, 5.41) is 3.52. The van der Waals surface area contributed by atoms with Crippen molar-refractivity contribution in [1.82, 2.24) is 5.32 Å². The van der Waals surface area contributed by atoms with Gasteiger partial charge >= 0.3 is 0 Å². The second-order valence-corrected chi connectivity index (χ2v) is 7.57. The highest BCUT2D eigenvalue weighted by Gasteiger charge is 2.28. The zero-order chi connectivity index (χ0) is 15.3. The minimum Gasteiger partial charge on any atom is -0.381 e. The molecule has 4 atom stereocenters. The van der Waals surface area contributed by atoms with Crippen LogP contribution in [0.4, 0.5) is 0 Å². The van der Waals surface area contributed by atoms with Crippen molar-refractivity contribution in [3.8, 4) is 0 Å². The van der Waals surface area contributed by atoms with Gasteiger partial charge in [-0.15, -0.1) is 0 Å². The van der Waals surface area contributed by atoms with Crippen LogP contribution in [0.1, 0.15) is 59.3 Å². The third-order valence-electron chi connectivity index (χ3n) is 4.48. The van der Waals surface area contributed by atoms with E-state index in [1.54, 1.807) is 7.11 Å². The highest BCUT2D eigenvalue weighted by Crippen LogP contribution is 2.25. The molecule has 4 unspecified atom stereocenters. The highest BCUT2D eigenvalue weighted by atomic mass is 16.5. The van der Waals surface area contributed by atoms with E-state index in [1.165, 1.54) is 19.3 Å². The molecule has 1 heterocycles. The van der Waals surface area contributed by atoms with Crippen molar-refractivity contribution in [2.24, 2.45) is 0 Å². The molecular weight excluding hydrogens is 266 g/mol. The number of rotatable bonds is 6. The van der Waals surface area contributed by atoms with Gasteiger partial charge in [0.15, 0.2) is 0 Å². The maximum Gasteiger partial charge on any atom is 0.0814 e. The lowest BCUT2D eigenvalue weighted by Crippen LogP contribution is -2.41. The van der Waals surface area contributed by atoms with Gasteiger partial charge in [0, 0.05) is 19.2 Å². The molecule has 2 fully saturated rings. The molecule has 21 heavy (non-hydrogen) atoms. The quantitative estimate of drug-likeness (QED) is 0.818. The zero-order valence-corrected chi connectivity index (χ0v) is 14.2. The summed E-state index contributed by atoms with van der Waals surface area (Å²) < 4.78 is 17.6. The molecule has 0 amide bonds. The number of hydrogen-bond donors (Lipinski definition) is 1. The van der Waals surface area contributed by atoms with E-state index in [9.17, 15) is 0 Å². The molecule has 2 aliphatic rings. The Morgan fingerprint density at radius 3 is 2.48 bits per heavy atom. The molecule has 124 valence electrons. The molecule has 4 nitrogen and oxygen atoms in total. The van der Waals surface area contributed by atoms with Crippen molar-refractivity contribution in [1.29, 1.82) is 0 Å². The summed E-state index contributed by atoms with van der Waals surface area (Å²) in [6, 6.07) is 0. The maximum atomic E-state index is 6.08. The van der Waals surface area contributed by atoms with E-state index >= 15 is 0 Å². The molecule has 1 N–H and O–H groups in total. The van der Waals surface area contributed by atoms with Crippen LogP contribution < -0.4 is 5.32 Å². The smallest absolute Gasteiger partial charge is 0.0814 e. The maximum absolute atomic E-state index is 6.08. The van der Waals surface area contributed by atoms with Crippen molar-refractivity contribution in [2.45, 2.75) is 89.3 Å². The van der Waals surface area contributed by atoms with E-state index in [0.29, 0.717) is 18.3 Å². The van der Waals surface area contributed by atoms with Gasteiger partial charge in [0.05, 0.1) is 31.0 Å². The molecule has 4 heteroatoms. The Bertz CT molecular complexity index is 303. The van der Waals surface area contributed by atoms with Crippen molar-refractivity contribution in [3.63, 3.8) is 0 Å². The average Bonchev–Trinajstić information content (AvgIpc) is 2.90. The molecule has 1 saturated carbocycles. The van der Waals surface area contributed by atoms with Crippen molar-refractivity contribution in [3.05, 3.63) is 0 Å². The monoisotopic (exact) mass is 299 g/mol. The molecule has 0 radical (unpaired) electrons. The van der Waals surface area contributed by atoms with E-state index in [1.807, 2.05) is 0 Å². The van der Waals surface area contributed by atoms with Gasteiger partial charge in [-0.3, -0.25) is 0 Å². The lowest BCUT2D eigenvalue weighted by Gasteiger charge is -2.29. The van der Waals surface area contributed by atoms with E-state index in [-0.39, 0.29) is 11.6 Å². The lowest BCUT2D eigenvalue weighted by molar-refractivity contribution is -0.0712. The van der Waals surface area contributed by atoms with Crippen LogP contribution in [0.2, 0.25) is 0 Å². The molecule has 0 aromatic rings. The molecule has 0 aromatic carbocycles. The molecule has 0 aromatic heterocycles. The Morgan fingerprint density at radius 2 is 1.76 bits per heavy atom. The standard InChI is InChI=1S/C17H33NO3/c1-17(2,3)18-11-15-8-9-16(21-15)12-20-14-7-5-6-13(10-14)19-4/h13-16,18H,5-12H2,1-4H3. The fourth-order valence-electron chi connectivity index (χ4n) is 3.18. The third kappa shape index (κ3) is 6.23. The first-order valence-electron chi connectivity index (χ1n) is 8.51. The Balaban J connectivity index is 1.62. The van der Waals surface area contributed by atoms with Gasteiger partial charge in [0.1, 0.15) is 0 Å². The van der Waals surface area contributed by atoms with Gasteiger partial charge in [0.2, 0.25) is 0 Å². The van der Waals surface area contributed by atoms with Gasteiger partial charge in [-0.25, -0.2) is 0 Å². The topological polar surface area (TPSA) is 39.7 Å². The minimum absolute atomic E-state index is 0.162. The van der Waals surface area contributed by atoms with E-state index in [0.717, 1.165) is 32.4 Å². The summed E-state index contributed by atoms with van der Waals surface area (Å²) in [4.78, 5) is 0. The van der Waals surface area contributed by atoms with E-state index in [2.05, 4.69) is 26.1 Å². The van der Waals surface area contributed by atoms with Crippen LogP contribution in [0.25, 0.3) is 0 Å². The Labute approximate surface area is 129 Å².